The van der Waals surface area contributed by atoms with Crippen molar-refractivity contribution in [1.82, 2.24) is 0 Å². The van der Waals surface area contributed by atoms with Crippen LogP contribution >= 0.6 is 15.9 Å². The van der Waals surface area contributed by atoms with Gasteiger partial charge in [0, 0.05) is 23.0 Å². The van der Waals surface area contributed by atoms with Crippen LogP contribution in [-0.2, 0) is 4.79 Å². The van der Waals surface area contributed by atoms with E-state index in [1.54, 1.807) is 0 Å². The van der Waals surface area contributed by atoms with Gasteiger partial charge in [-0.05, 0) is 49.9 Å². The van der Waals surface area contributed by atoms with Gasteiger partial charge in [0.1, 0.15) is 0 Å². The third-order valence-electron chi connectivity index (χ3n) is 2.74. The first-order valence-electron chi connectivity index (χ1n) is 6.04. The van der Waals surface area contributed by atoms with Crippen LogP contribution in [0.15, 0.2) is 16.6 Å². The van der Waals surface area contributed by atoms with Crippen molar-refractivity contribution in [3.63, 3.8) is 0 Å². The minimum absolute atomic E-state index is 0.0561. The molecule has 0 saturated heterocycles. The lowest BCUT2D eigenvalue weighted by molar-refractivity contribution is -0.116. The van der Waals surface area contributed by atoms with Crippen LogP contribution in [0.2, 0.25) is 0 Å². The maximum atomic E-state index is 11.8. The third kappa shape index (κ3) is 4.54. The van der Waals surface area contributed by atoms with Crippen LogP contribution in [0.5, 0.6) is 0 Å². The lowest BCUT2D eigenvalue weighted by atomic mass is 10.1. The van der Waals surface area contributed by atoms with Gasteiger partial charge in [-0.15, -0.1) is 12.3 Å². The Morgan fingerprint density at radius 3 is 2.50 bits per heavy atom. The van der Waals surface area contributed by atoms with Gasteiger partial charge in [-0.2, -0.15) is 0 Å². The predicted octanol–water partition coefficient (Wildman–Crippen LogP) is 4.20. The fourth-order valence-corrected chi connectivity index (χ4v) is 2.51. The quantitative estimate of drug-likeness (QED) is 0.641. The Morgan fingerprint density at radius 1 is 1.33 bits per heavy atom. The van der Waals surface area contributed by atoms with Crippen LogP contribution in [-0.4, -0.2) is 5.91 Å². The molecule has 0 spiro atoms. The molecule has 0 bridgehead atoms. The zero-order chi connectivity index (χ0) is 13.5. The van der Waals surface area contributed by atoms with E-state index < -0.39 is 0 Å². The average Bonchev–Trinajstić information content (AvgIpc) is 2.29. The molecule has 1 aromatic rings. The number of amides is 1. The molecule has 1 rings (SSSR count). The van der Waals surface area contributed by atoms with Crippen molar-refractivity contribution < 1.29 is 4.79 Å². The molecule has 2 nitrogen and oxygen atoms in total. The second-order valence-corrected chi connectivity index (χ2v) is 5.29. The highest BCUT2D eigenvalue weighted by Gasteiger charge is 2.08. The number of unbranched alkanes of at least 4 members (excludes halogenated alkanes) is 2. The largest absolute Gasteiger partial charge is 0.326 e. The van der Waals surface area contributed by atoms with Gasteiger partial charge in [0.15, 0.2) is 0 Å². The number of halogens is 1. The zero-order valence-electron chi connectivity index (χ0n) is 10.8. The molecule has 0 radical (unpaired) electrons. The lowest BCUT2D eigenvalue weighted by Gasteiger charge is -2.12. The standard InChI is InChI=1S/C15H18BrNO/c1-4-5-6-7-8-14(18)17-15-11(2)9-13(16)10-12(15)3/h1,9-10H,5-8H2,2-3H3,(H,17,18). The van der Waals surface area contributed by atoms with Crippen LogP contribution in [0.25, 0.3) is 0 Å². The van der Waals surface area contributed by atoms with Crippen LogP contribution in [0, 0.1) is 26.2 Å². The molecule has 3 heteroatoms. The molecule has 0 atom stereocenters. The number of hydrogen-bond donors (Lipinski definition) is 1. The number of hydrogen-bond acceptors (Lipinski definition) is 1. The lowest BCUT2D eigenvalue weighted by Crippen LogP contribution is -2.13. The van der Waals surface area contributed by atoms with Crippen molar-refractivity contribution in [2.75, 3.05) is 5.32 Å². The molecule has 0 aliphatic carbocycles. The minimum Gasteiger partial charge on any atom is -0.326 e. The van der Waals surface area contributed by atoms with Crippen molar-refractivity contribution in [3.8, 4) is 12.3 Å². The van der Waals surface area contributed by atoms with Crippen molar-refractivity contribution in [2.45, 2.75) is 39.5 Å². The minimum atomic E-state index is 0.0561. The number of carbonyl (C=O) groups excluding carboxylic acids is 1. The molecule has 1 aromatic carbocycles. The van der Waals surface area contributed by atoms with E-state index in [-0.39, 0.29) is 5.91 Å². The van der Waals surface area contributed by atoms with Gasteiger partial charge in [-0.1, -0.05) is 15.9 Å². The smallest absolute Gasteiger partial charge is 0.224 e. The van der Waals surface area contributed by atoms with E-state index in [0.29, 0.717) is 6.42 Å². The highest BCUT2D eigenvalue weighted by atomic mass is 79.9. The molecule has 0 heterocycles. The molecular weight excluding hydrogens is 290 g/mol. The average molecular weight is 308 g/mol. The van der Waals surface area contributed by atoms with Crippen LogP contribution < -0.4 is 5.32 Å². The van der Waals surface area contributed by atoms with Gasteiger partial charge in [0.2, 0.25) is 5.91 Å². The molecule has 0 saturated carbocycles. The number of terminal acetylenes is 1. The molecule has 1 N–H and O–H groups in total. The zero-order valence-corrected chi connectivity index (χ0v) is 12.4. The molecule has 0 fully saturated rings. The number of carbonyl (C=O) groups is 1. The highest BCUT2D eigenvalue weighted by molar-refractivity contribution is 9.10. The summed E-state index contributed by atoms with van der Waals surface area (Å²) in [6.07, 6.45) is 8.17. The fraction of sp³-hybridized carbons (Fsp3) is 0.400. The molecule has 1 amide bonds. The Bertz CT molecular complexity index is 451. The maximum Gasteiger partial charge on any atom is 0.224 e. The van der Waals surface area contributed by atoms with Crippen LogP contribution in [0.3, 0.4) is 0 Å². The molecule has 0 unspecified atom stereocenters. The first-order chi connectivity index (χ1) is 8.54. The van der Waals surface area contributed by atoms with Gasteiger partial charge in [-0.25, -0.2) is 0 Å². The van der Waals surface area contributed by atoms with E-state index in [0.717, 1.165) is 40.5 Å². The number of nitrogens with one attached hydrogen (secondary N) is 1. The summed E-state index contributed by atoms with van der Waals surface area (Å²) in [6, 6.07) is 4.00. The van der Waals surface area contributed by atoms with Gasteiger partial charge >= 0.3 is 0 Å². The van der Waals surface area contributed by atoms with E-state index in [4.69, 9.17) is 6.42 Å². The summed E-state index contributed by atoms with van der Waals surface area (Å²) >= 11 is 3.44. The Kier molecular flexibility index (Phi) is 5.94. The Hall–Kier alpha value is -1.27. The Balaban J connectivity index is 2.57. The molecule has 0 aliphatic heterocycles. The number of rotatable bonds is 5. The summed E-state index contributed by atoms with van der Waals surface area (Å²) in [6.45, 7) is 3.98. The Labute approximate surface area is 117 Å². The molecule has 0 aliphatic rings. The summed E-state index contributed by atoms with van der Waals surface area (Å²) < 4.78 is 1.03. The Morgan fingerprint density at radius 2 is 1.94 bits per heavy atom. The van der Waals surface area contributed by atoms with Crippen LogP contribution in [0.1, 0.15) is 36.8 Å². The first kappa shape index (κ1) is 14.8. The van der Waals surface area contributed by atoms with Gasteiger partial charge in [-0.3, -0.25) is 4.79 Å². The summed E-state index contributed by atoms with van der Waals surface area (Å²) in [7, 11) is 0. The number of anilines is 1. The summed E-state index contributed by atoms with van der Waals surface area (Å²) in [5.41, 5.74) is 3.05. The maximum absolute atomic E-state index is 11.8. The van der Waals surface area contributed by atoms with E-state index in [2.05, 4.69) is 27.2 Å². The topological polar surface area (TPSA) is 29.1 Å². The van der Waals surface area contributed by atoms with Gasteiger partial charge < -0.3 is 5.32 Å². The SMILES string of the molecule is C#CCCCCC(=O)Nc1c(C)cc(Br)cc1C. The summed E-state index contributed by atoms with van der Waals surface area (Å²) in [5.74, 6) is 2.63. The van der Waals surface area contributed by atoms with Crippen molar-refractivity contribution in [3.05, 3.63) is 27.7 Å². The second-order valence-electron chi connectivity index (χ2n) is 4.37. The molecular formula is C15H18BrNO. The molecule has 96 valence electrons. The third-order valence-corrected chi connectivity index (χ3v) is 3.19. The fourth-order valence-electron chi connectivity index (χ4n) is 1.82. The van der Waals surface area contributed by atoms with Gasteiger partial charge in [0.05, 0.1) is 0 Å². The van der Waals surface area contributed by atoms with E-state index in [9.17, 15) is 4.79 Å². The monoisotopic (exact) mass is 307 g/mol. The normalized spacial score (nSPS) is 9.89. The molecule has 18 heavy (non-hydrogen) atoms. The predicted molar refractivity (Wildman–Crippen MR) is 79.5 cm³/mol. The van der Waals surface area contributed by atoms with Crippen molar-refractivity contribution in [2.24, 2.45) is 0 Å². The van der Waals surface area contributed by atoms with Crippen molar-refractivity contribution in [1.29, 1.82) is 0 Å². The number of benzene rings is 1. The van der Waals surface area contributed by atoms with E-state index >= 15 is 0 Å². The highest BCUT2D eigenvalue weighted by Crippen LogP contribution is 2.25. The second kappa shape index (κ2) is 7.23. The van der Waals surface area contributed by atoms with Crippen LogP contribution in [0.4, 0.5) is 5.69 Å². The number of aryl methyl sites for hydroxylation is 2. The summed E-state index contributed by atoms with van der Waals surface area (Å²) in [5, 5.41) is 2.97. The molecule has 0 aromatic heterocycles. The first-order valence-corrected chi connectivity index (χ1v) is 6.84. The summed E-state index contributed by atoms with van der Waals surface area (Å²) in [4.78, 5) is 11.8. The van der Waals surface area contributed by atoms with Gasteiger partial charge in [0.25, 0.3) is 0 Å². The van der Waals surface area contributed by atoms with E-state index in [1.165, 1.54) is 0 Å². The van der Waals surface area contributed by atoms with Crippen molar-refractivity contribution >= 4 is 27.5 Å². The van der Waals surface area contributed by atoms with E-state index in [1.807, 2.05) is 26.0 Å².